The van der Waals surface area contributed by atoms with E-state index in [0.717, 1.165) is 5.52 Å². The van der Waals surface area contributed by atoms with Crippen LogP contribution in [0, 0.1) is 0 Å². The second kappa shape index (κ2) is 4.85. The van der Waals surface area contributed by atoms with Gasteiger partial charge >= 0.3 is 0 Å². The van der Waals surface area contributed by atoms with Gasteiger partial charge in [0.2, 0.25) is 5.95 Å². The molecule has 0 bridgehead atoms. The third-order valence-corrected chi connectivity index (χ3v) is 3.39. The number of fused-ring (bicyclic) bond motifs is 1. The largest absolute Gasteiger partial charge is 0.349 e. The van der Waals surface area contributed by atoms with Gasteiger partial charge in [-0.1, -0.05) is 12.1 Å². The van der Waals surface area contributed by atoms with Gasteiger partial charge in [-0.05, 0) is 19.1 Å². The highest BCUT2D eigenvalue weighted by molar-refractivity contribution is 7.90. The Balaban J connectivity index is 2.17. The monoisotopic (exact) mass is 266 g/mol. The van der Waals surface area contributed by atoms with Crippen molar-refractivity contribution in [3.8, 4) is 0 Å². The molecule has 2 aromatic rings. The van der Waals surface area contributed by atoms with E-state index < -0.39 is 9.84 Å². The fraction of sp³-hybridized carbons (Fsp3) is 0.364. The molecule has 0 spiro atoms. The highest BCUT2D eigenvalue weighted by Gasteiger charge is 2.11. The van der Waals surface area contributed by atoms with E-state index in [1.54, 1.807) is 6.92 Å². The molecule has 0 amide bonds. The van der Waals surface area contributed by atoms with Crippen LogP contribution in [0.4, 0.5) is 5.95 Å². The molecule has 0 aliphatic heterocycles. The van der Waals surface area contributed by atoms with E-state index in [4.69, 9.17) is 0 Å². The van der Waals surface area contributed by atoms with Gasteiger partial charge in [0.05, 0.1) is 11.3 Å². The van der Waals surface area contributed by atoms with Crippen LogP contribution in [0.2, 0.25) is 0 Å². The zero-order valence-corrected chi connectivity index (χ0v) is 11.0. The number of nitrogens with one attached hydrogen (secondary N) is 1. The number of hydrogen-bond donors (Lipinski definition) is 1. The molecule has 0 aliphatic rings. The third-order valence-electron chi connectivity index (χ3n) is 2.29. The molecule has 1 atom stereocenters. The Morgan fingerprint density at radius 1 is 1.22 bits per heavy atom. The van der Waals surface area contributed by atoms with E-state index in [1.165, 1.54) is 6.26 Å². The summed E-state index contributed by atoms with van der Waals surface area (Å²) in [5.41, 5.74) is 1.43. The maximum atomic E-state index is 11.1. The van der Waals surface area contributed by atoms with Crippen molar-refractivity contribution in [2.75, 3.05) is 17.3 Å². The molecule has 0 aliphatic carbocycles. The van der Waals surface area contributed by atoms with E-state index in [2.05, 4.69) is 20.5 Å². The first-order valence-electron chi connectivity index (χ1n) is 5.48. The maximum Gasteiger partial charge on any atom is 0.243 e. The minimum absolute atomic E-state index is 0.0309. The van der Waals surface area contributed by atoms with E-state index in [9.17, 15) is 8.42 Å². The predicted octanol–water partition coefficient (Wildman–Crippen LogP) is 0.870. The number of aromatic nitrogens is 3. The molecule has 18 heavy (non-hydrogen) atoms. The zero-order valence-electron chi connectivity index (χ0n) is 10.2. The van der Waals surface area contributed by atoms with E-state index >= 15 is 0 Å². The van der Waals surface area contributed by atoms with Gasteiger partial charge in [0.25, 0.3) is 0 Å². The standard InChI is InChI=1S/C11H14N4O2S/c1-8(7-18(2,16)17)12-11-13-9-5-3-4-6-10(9)14-15-11/h3-6,8H,7H2,1-2H3,(H,12,13,15). The van der Waals surface area contributed by atoms with Crippen molar-refractivity contribution >= 4 is 26.8 Å². The van der Waals surface area contributed by atoms with Gasteiger partial charge in [0.1, 0.15) is 15.4 Å². The summed E-state index contributed by atoms with van der Waals surface area (Å²) in [4.78, 5) is 4.27. The molecule has 0 radical (unpaired) electrons. The minimum Gasteiger partial charge on any atom is -0.349 e. The van der Waals surface area contributed by atoms with E-state index in [-0.39, 0.29) is 11.8 Å². The van der Waals surface area contributed by atoms with E-state index in [0.29, 0.717) is 11.5 Å². The molecule has 1 unspecified atom stereocenters. The average molecular weight is 266 g/mol. The summed E-state index contributed by atoms with van der Waals surface area (Å²) in [5, 5.41) is 10.8. The van der Waals surface area contributed by atoms with Crippen molar-refractivity contribution in [1.82, 2.24) is 15.2 Å². The Labute approximate surface area is 105 Å². The molecule has 6 nitrogen and oxygen atoms in total. The van der Waals surface area contributed by atoms with Crippen molar-refractivity contribution < 1.29 is 8.42 Å². The fourth-order valence-corrected chi connectivity index (χ4v) is 2.65. The Kier molecular flexibility index (Phi) is 3.42. The van der Waals surface area contributed by atoms with Gasteiger partial charge < -0.3 is 5.32 Å². The highest BCUT2D eigenvalue weighted by Crippen LogP contribution is 2.09. The number of sulfone groups is 1. The van der Waals surface area contributed by atoms with Crippen LogP contribution < -0.4 is 5.32 Å². The fourth-order valence-electron chi connectivity index (χ4n) is 1.66. The lowest BCUT2D eigenvalue weighted by Gasteiger charge is -2.11. The summed E-state index contributed by atoms with van der Waals surface area (Å²) in [7, 11) is -3.02. The van der Waals surface area contributed by atoms with Gasteiger partial charge in [-0.15, -0.1) is 10.2 Å². The smallest absolute Gasteiger partial charge is 0.243 e. The Morgan fingerprint density at radius 2 is 1.89 bits per heavy atom. The summed E-state index contributed by atoms with van der Waals surface area (Å²) in [6, 6.07) is 7.11. The SMILES string of the molecule is CC(CS(C)(=O)=O)Nc1nnc2ccccc2n1. The van der Waals surface area contributed by atoms with Crippen LogP contribution in [0.1, 0.15) is 6.92 Å². The van der Waals surface area contributed by atoms with Crippen molar-refractivity contribution in [2.24, 2.45) is 0 Å². The number of benzene rings is 1. The summed E-state index contributed by atoms with van der Waals surface area (Å²) >= 11 is 0. The van der Waals surface area contributed by atoms with Gasteiger partial charge in [-0.3, -0.25) is 0 Å². The first-order valence-corrected chi connectivity index (χ1v) is 7.54. The van der Waals surface area contributed by atoms with Crippen LogP contribution in [0.25, 0.3) is 11.0 Å². The number of hydrogen-bond acceptors (Lipinski definition) is 6. The lowest BCUT2D eigenvalue weighted by molar-refractivity contribution is 0.597. The number of anilines is 1. The summed E-state index contributed by atoms with van der Waals surface area (Å²) in [5.74, 6) is 0.369. The highest BCUT2D eigenvalue weighted by atomic mass is 32.2. The molecule has 1 heterocycles. The second-order valence-corrected chi connectivity index (χ2v) is 6.45. The quantitative estimate of drug-likeness (QED) is 0.884. The molecule has 1 N–H and O–H groups in total. The summed E-state index contributed by atoms with van der Waals surface area (Å²) < 4.78 is 22.3. The predicted molar refractivity (Wildman–Crippen MR) is 70.1 cm³/mol. The topological polar surface area (TPSA) is 84.8 Å². The van der Waals surface area contributed by atoms with Crippen molar-refractivity contribution in [1.29, 1.82) is 0 Å². The lowest BCUT2D eigenvalue weighted by atomic mass is 10.3. The molecule has 7 heteroatoms. The van der Waals surface area contributed by atoms with Crippen LogP contribution in [-0.2, 0) is 9.84 Å². The Morgan fingerprint density at radius 3 is 2.56 bits per heavy atom. The minimum atomic E-state index is -3.02. The first-order chi connectivity index (χ1) is 8.44. The third kappa shape index (κ3) is 3.36. The van der Waals surface area contributed by atoms with Crippen LogP contribution in [0.3, 0.4) is 0 Å². The molecular formula is C11H14N4O2S. The zero-order chi connectivity index (χ0) is 13.2. The molecular weight excluding hydrogens is 252 g/mol. The van der Waals surface area contributed by atoms with Crippen LogP contribution >= 0.6 is 0 Å². The second-order valence-electron chi connectivity index (χ2n) is 4.26. The van der Waals surface area contributed by atoms with Crippen LogP contribution in [0.15, 0.2) is 24.3 Å². The van der Waals surface area contributed by atoms with Gasteiger partial charge in [0.15, 0.2) is 0 Å². The van der Waals surface area contributed by atoms with Crippen molar-refractivity contribution in [3.63, 3.8) is 0 Å². The molecule has 0 saturated heterocycles. The van der Waals surface area contributed by atoms with Crippen molar-refractivity contribution in [2.45, 2.75) is 13.0 Å². The number of nitrogens with zero attached hydrogens (tertiary/aromatic N) is 3. The summed E-state index contributed by atoms with van der Waals surface area (Å²) in [6.45, 7) is 1.76. The molecule has 1 aromatic carbocycles. The normalized spacial score (nSPS) is 13.4. The molecule has 96 valence electrons. The van der Waals surface area contributed by atoms with Gasteiger partial charge in [-0.2, -0.15) is 0 Å². The first kappa shape index (κ1) is 12.7. The number of para-hydroxylation sites is 1. The van der Waals surface area contributed by atoms with Crippen LogP contribution in [0.5, 0.6) is 0 Å². The molecule has 0 fully saturated rings. The molecule has 1 aromatic heterocycles. The van der Waals surface area contributed by atoms with Gasteiger partial charge in [0, 0.05) is 12.3 Å². The average Bonchev–Trinajstić information content (AvgIpc) is 2.26. The molecule has 2 rings (SSSR count). The maximum absolute atomic E-state index is 11.1. The van der Waals surface area contributed by atoms with Crippen molar-refractivity contribution in [3.05, 3.63) is 24.3 Å². The van der Waals surface area contributed by atoms with Crippen LogP contribution in [-0.4, -0.2) is 41.6 Å². The number of rotatable bonds is 4. The lowest BCUT2D eigenvalue weighted by Crippen LogP contribution is -2.26. The Hall–Kier alpha value is -1.76. The van der Waals surface area contributed by atoms with Gasteiger partial charge in [-0.25, -0.2) is 13.4 Å². The summed E-state index contributed by atoms with van der Waals surface area (Å²) in [6.07, 6.45) is 1.20. The Bertz CT molecular complexity index is 657. The molecule has 0 saturated carbocycles. The van der Waals surface area contributed by atoms with E-state index in [1.807, 2.05) is 24.3 Å².